The highest BCUT2D eigenvalue weighted by Gasteiger charge is 2.27. The molecule has 0 saturated heterocycles. The molecule has 0 atom stereocenters. The van der Waals surface area contributed by atoms with Crippen molar-refractivity contribution in [3.63, 3.8) is 0 Å². The number of urea groups is 1. The van der Waals surface area contributed by atoms with Crippen LogP contribution in [-0.4, -0.2) is 27.4 Å². The number of benzene rings is 3. The molecule has 0 bridgehead atoms. The summed E-state index contributed by atoms with van der Waals surface area (Å²) in [6.07, 6.45) is 0. The van der Waals surface area contributed by atoms with Crippen LogP contribution in [0.3, 0.4) is 0 Å². The highest BCUT2D eigenvalue weighted by Crippen LogP contribution is 2.47. The molecule has 3 aromatic carbocycles. The third-order valence-electron chi connectivity index (χ3n) is 4.80. The van der Waals surface area contributed by atoms with Gasteiger partial charge < -0.3 is 19.5 Å². The summed E-state index contributed by atoms with van der Waals surface area (Å²) >= 11 is 1.66. The molecule has 0 radical (unpaired) electrons. The number of carbonyl (C=O) groups excluding carboxylic acids is 1. The summed E-state index contributed by atoms with van der Waals surface area (Å²) in [7, 11) is 4.70. The monoisotopic (exact) mass is 422 g/mol. The van der Waals surface area contributed by atoms with E-state index in [0.717, 1.165) is 26.7 Å². The van der Waals surface area contributed by atoms with Crippen molar-refractivity contribution in [3.8, 4) is 17.2 Å². The van der Waals surface area contributed by atoms with E-state index in [0.29, 0.717) is 23.8 Å². The maximum Gasteiger partial charge on any atom is 0.326 e. The zero-order chi connectivity index (χ0) is 21.1. The van der Waals surface area contributed by atoms with Gasteiger partial charge in [-0.2, -0.15) is 0 Å². The van der Waals surface area contributed by atoms with Crippen molar-refractivity contribution < 1.29 is 19.0 Å². The zero-order valence-corrected chi connectivity index (χ0v) is 17.8. The normalized spacial score (nSPS) is 11.9. The topological polar surface area (TPSA) is 60.0 Å². The Labute approximate surface area is 179 Å². The molecule has 0 aromatic heterocycles. The predicted octanol–water partition coefficient (Wildman–Crippen LogP) is 5.22. The van der Waals surface area contributed by atoms with Gasteiger partial charge in [-0.05, 0) is 42.0 Å². The second-order valence-corrected chi connectivity index (χ2v) is 7.65. The minimum atomic E-state index is -0.205. The number of nitrogens with one attached hydrogen (secondary N) is 1. The average molecular weight is 423 g/mol. The van der Waals surface area contributed by atoms with E-state index < -0.39 is 0 Å². The molecule has 0 spiro atoms. The van der Waals surface area contributed by atoms with Crippen LogP contribution in [0.25, 0.3) is 0 Å². The number of para-hydroxylation sites is 2. The lowest BCUT2D eigenvalue weighted by molar-refractivity contribution is 0.248. The maximum atomic E-state index is 13.2. The zero-order valence-electron chi connectivity index (χ0n) is 17.0. The van der Waals surface area contributed by atoms with Gasteiger partial charge in [0.1, 0.15) is 0 Å². The van der Waals surface area contributed by atoms with Crippen molar-refractivity contribution >= 4 is 29.2 Å². The van der Waals surface area contributed by atoms with Gasteiger partial charge in [0.15, 0.2) is 11.5 Å². The van der Waals surface area contributed by atoms with Crippen molar-refractivity contribution in [2.24, 2.45) is 0 Å². The highest BCUT2D eigenvalue weighted by atomic mass is 32.2. The van der Waals surface area contributed by atoms with Crippen LogP contribution in [-0.2, 0) is 6.54 Å². The number of amides is 2. The van der Waals surface area contributed by atoms with Crippen LogP contribution in [0.2, 0.25) is 0 Å². The number of fused-ring (bicyclic) bond motifs is 2. The summed E-state index contributed by atoms with van der Waals surface area (Å²) in [6.45, 7) is 0.309. The fourth-order valence-electron chi connectivity index (χ4n) is 3.42. The lowest BCUT2D eigenvalue weighted by atomic mass is 10.1. The summed E-state index contributed by atoms with van der Waals surface area (Å²) in [5.41, 5.74) is 2.57. The smallest absolute Gasteiger partial charge is 0.326 e. The van der Waals surface area contributed by atoms with Gasteiger partial charge in [0, 0.05) is 16.3 Å². The molecule has 4 rings (SSSR count). The number of rotatable bonds is 5. The van der Waals surface area contributed by atoms with Gasteiger partial charge in [-0.15, -0.1) is 0 Å². The minimum Gasteiger partial charge on any atom is -0.493 e. The van der Waals surface area contributed by atoms with Crippen molar-refractivity contribution in [1.82, 2.24) is 5.32 Å². The number of ether oxygens (including phenoxy) is 3. The Balaban J connectivity index is 1.61. The van der Waals surface area contributed by atoms with Crippen LogP contribution in [0.5, 0.6) is 17.2 Å². The first-order valence-corrected chi connectivity index (χ1v) is 10.2. The molecule has 1 N–H and O–H groups in total. The number of nitrogens with zero attached hydrogens (tertiary/aromatic N) is 1. The van der Waals surface area contributed by atoms with Gasteiger partial charge in [-0.3, -0.25) is 4.90 Å². The molecule has 154 valence electrons. The Bertz CT molecular complexity index is 1020. The molecule has 6 nitrogen and oxygen atoms in total. The number of methoxy groups -OCH3 is 3. The second-order valence-electron chi connectivity index (χ2n) is 6.57. The molecule has 1 aliphatic rings. The van der Waals surface area contributed by atoms with Crippen LogP contribution in [0, 0.1) is 0 Å². The van der Waals surface area contributed by atoms with Crippen molar-refractivity contribution in [1.29, 1.82) is 0 Å². The lowest BCUT2D eigenvalue weighted by Crippen LogP contribution is -2.37. The molecular formula is C23H22N2O4S. The number of anilines is 2. The summed E-state index contributed by atoms with van der Waals surface area (Å²) < 4.78 is 16.2. The molecule has 0 fully saturated rings. The first kappa shape index (κ1) is 20.0. The summed E-state index contributed by atoms with van der Waals surface area (Å²) in [6, 6.07) is 19.2. The van der Waals surface area contributed by atoms with E-state index in [-0.39, 0.29) is 6.03 Å². The molecule has 7 heteroatoms. The van der Waals surface area contributed by atoms with Gasteiger partial charge in [0.05, 0.1) is 32.7 Å². The molecule has 0 aliphatic carbocycles. The number of carbonyl (C=O) groups is 1. The van der Waals surface area contributed by atoms with Gasteiger partial charge >= 0.3 is 6.03 Å². The summed E-state index contributed by atoms with van der Waals surface area (Å²) in [4.78, 5) is 17.1. The van der Waals surface area contributed by atoms with Gasteiger partial charge in [0.2, 0.25) is 5.75 Å². The van der Waals surface area contributed by atoms with Crippen molar-refractivity contribution in [2.75, 3.05) is 26.2 Å². The van der Waals surface area contributed by atoms with Crippen LogP contribution < -0.4 is 24.4 Å². The van der Waals surface area contributed by atoms with Crippen LogP contribution in [0.4, 0.5) is 16.2 Å². The summed E-state index contributed by atoms with van der Waals surface area (Å²) in [5.74, 6) is 1.61. The fraction of sp³-hybridized carbons (Fsp3) is 0.174. The molecule has 2 amide bonds. The van der Waals surface area contributed by atoms with E-state index in [1.54, 1.807) is 38.0 Å². The Morgan fingerprint density at radius 2 is 1.40 bits per heavy atom. The van der Waals surface area contributed by atoms with Gasteiger partial charge in [0.25, 0.3) is 0 Å². The second kappa shape index (κ2) is 8.59. The maximum absolute atomic E-state index is 13.2. The quantitative estimate of drug-likeness (QED) is 0.610. The molecule has 1 heterocycles. The Morgan fingerprint density at radius 3 is 1.90 bits per heavy atom. The van der Waals surface area contributed by atoms with Crippen molar-refractivity contribution in [3.05, 3.63) is 66.2 Å². The third kappa shape index (κ3) is 3.64. The largest absolute Gasteiger partial charge is 0.493 e. The number of hydrogen-bond donors (Lipinski definition) is 1. The first-order valence-electron chi connectivity index (χ1n) is 9.39. The minimum absolute atomic E-state index is 0.205. The molecule has 0 saturated carbocycles. The van der Waals surface area contributed by atoms with E-state index in [1.165, 1.54) is 0 Å². The van der Waals surface area contributed by atoms with E-state index >= 15 is 0 Å². The molecule has 0 unspecified atom stereocenters. The van der Waals surface area contributed by atoms with E-state index in [1.807, 2.05) is 60.7 Å². The Hall–Kier alpha value is -3.32. The first-order chi connectivity index (χ1) is 14.7. The Kier molecular flexibility index (Phi) is 5.72. The standard InChI is InChI=1S/C23H22N2O4S/c1-27-18-12-15(13-19(28-2)22(18)29-3)14-24-23(26)25-16-8-4-6-10-20(16)30-21-11-7-5-9-17(21)25/h4-13H,14H2,1-3H3,(H,24,26). The van der Waals surface area contributed by atoms with E-state index in [4.69, 9.17) is 14.2 Å². The highest BCUT2D eigenvalue weighted by molar-refractivity contribution is 7.99. The fourth-order valence-corrected chi connectivity index (χ4v) is 4.48. The lowest BCUT2D eigenvalue weighted by Gasteiger charge is -2.31. The van der Waals surface area contributed by atoms with Gasteiger partial charge in [-0.1, -0.05) is 36.0 Å². The summed E-state index contributed by atoms with van der Waals surface area (Å²) in [5, 5.41) is 3.02. The molecule has 3 aromatic rings. The SMILES string of the molecule is COc1cc(CNC(=O)N2c3ccccc3Sc3ccccc32)cc(OC)c1OC. The molecular weight excluding hydrogens is 400 g/mol. The van der Waals surface area contributed by atoms with Crippen LogP contribution in [0.15, 0.2) is 70.5 Å². The van der Waals surface area contributed by atoms with Crippen LogP contribution in [0.1, 0.15) is 5.56 Å². The van der Waals surface area contributed by atoms with E-state index in [2.05, 4.69) is 5.32 Å². The predicted molar refractivity (Wildman–Crippen MR) is 117 cm³/mol. The Morgan fingerprint density at radius 1 is 0.867 bits per heavy atom. The van der Waals surface area contributed by atoms with E-state index in [9.17, 15) is 4.79 Å². The van der Waals surface area contributed by atoms with Crippen molar-refractivity contribution in [2.45, 2.75) is 16.3 Å². The third-order valence-corrected chi connectivity index (χ3v) is 5.93. The van der Waals surface area contributed by atoms with Crippen LogP contribution >= 0.6 is 11.8 Å². The van der Waals surface area contributed by atoms with Gasteiger partial charge in [-0.25, -0.2) is 4.79 Å². The number of hydrogen-bond acceptors (Lipinski definition) is 5. The molecule has 1 aliphatic heterocycles. The average Bonchev–Trinajstić information content (AvgIpc) is 2.80. The molecule has 30 heavy (non-hydrogen) atoms.